The van der Waals surface area contributed by atoms with Crippen LogP contribution >= 0.6 is 0 Å². The zero-order valence-electron chi connectivity index (χ0n) is 27.2. The first kappa shape index (κ1) is 34.1. The molecule has 0 fully saturated rings. The van der Waals surface area contributed by atoms with Gasteiger partial charge in [-0.25, -0.2) is 8.42 Å². The lowest BCUT2D eigenvalue weighted by atomic mass is 10.0. The van der Waals surface area contributed by atoms with Gasteiger partial charge < -0.3 is 23.8 Å². The number of methoxy groups -OCH3 is 1. The first-order valence-electron chi connectivity index (χ1n) is 15.2. The summed E-state index contributed by atoms with van der Waals surface area (Å²) >= 11 is 0. The first-order chi connectivity index (χ1) is 19.8. The van der Waals surface area contributed by atoms with Gasteiger partial charge in [-0.05, 0) is 82.1 Å². The number of aryl methyl sites for hydroxylation is 1. The van der Waals surface area contributed by atoms with Gasteiger partial charge in [-0.15, -0.1) is 0 Å². The molecule has 0 N–H and O–H groups in total. The Morgan fingerprint density at radius 1 is 1.12 bits per heavy atom. The molecule has 42 heavy (non-hydrogen) atoms. The highest BCUT2D eigenvalue weighted by molar-refractivity contribution is 7.89. The van der Waals surface area contributed by atoms with Crippen LogP contribution in [0.5, 0.6) is 5.75 Å². The summed E-state index contributed by atoms with van der Waals surface area (Å²) in [5.41, 5.74) is 4.62. The van der Waals surface area contributed by atoms with E-state index < -0.39 is 10.0 Å². The van der Waals surface area contributed by atoms with Gasteiger partial charge in [0.05, 0.1) is 24.7 Å². The minimum atomic E-state index is -3.79. The molecule has 0 saturated carbocycles. The fraction of sp³-hybridized carbons (Fsp3) is 0.656. The van der Waals surface area contributed by atoms with E-state index in [-0.39, 0.29) is 37.6 Å². The van der Waals surface area contributed by atoms with E-state index in [1.165, 1.54) is 15.7 Å². The maximum absolute atomic E-state index is 13.9. The van der Waals surface area contributed by atoms with Crippen LogP contribution < -0.4 is 4.74 Å². The van der Waals surface area contributed by atoms with E-state index in [0.717, 1.165) is 37.9 Å². The SMILES string of the molecule is CCCCC1c2ccc(CN(C)C)n2CCN1C(=O)COCCN(CC(C)C)S(=O)(=O)c1c(C)cc(OC)c(C)c1C. The molecule has 0 bridgehead atoms. The standard InChI is InChI=1S/C32H52N4O5S/c1-10-11-12-28-29-14-13-27(21-33(7)8)35(29)15-16-36(28)31(37)22-41-18-17-34(20-23(2)3)42(38,39)32-24(4)19-30(40-9)25(5)26(32)6/h13-14,19,23,28H,10-12,15-18,20-22H2,1-9H3. The van der Waals surface area contributed by atoms with Crippen LogP contribution in [0.1, 0.15) is 74.2 Å². The van der Waals surface area contributed by atoms with Crippen molar-refractivity contribution in [2.45, 2.75) is 84.8 Å². The molecule has 0 radical (unpaired) electrons. The average molecular weight is 605 g/mol. The minimum absolute atomic E-state index is 0.0211. The van der Waals surface area contributed by atoms with Gasteiger partial charge in [-0.2, -0.15) is 4.31 Å². The molecule has 1 unspecified atom stereocenters. The van der Waals surface area contributed by atoms with Crippen LogP contribution in [0, 0.1) is 26.7 Å². The normalized spacial score (nSPS) is 15.6. The predicted molar refractivity (Wildman–Crippen MR) is 167 cm³/mol. The Morgan fingerprint density at radius 2 is 1.83 bits per heavy atom. The van der Waals surface area contributed by atoms with Gasteiger partial charge in [0.1, 0.15) is 12.4 Å². The zero-order chi connectivity index (χ0) is 31.2. The lowest BCUT2D eigenvalue weighted by Gasteiger charge is -2.38. The Bertz CT molecular complexity index is 1320. The van der Waals surface area contributed by atoms with Gasteiger partial charge in [0.25, 0.3) is 0 Å². The summed E-state index contributed by atoms with van der Waals surface area (Å²) < 4.78 is 43.0. The second kappa shape index (κ2) is 14.9. The van der Waals surface area contributed by atoms with E-state index in [9.17, 15) is 13.2 Å². The Balaban J connectivity index is 1.71. The summed E-state index contributed by atoms with van der Waals surface area (Å²) in [5, 5.41) is 0. The van der Waals surface area contributed by atoms with Gasteiger partial charge in [0.2, 0.25) is 15.9 Å². The molecule has 1 aliphatic rings. The molecular formula is C32H52N4O5S. The van der Waals surface area contributed by atoms with Crippen molar-refractivity contribution in [1.82, 2.24) is 18.7 Å². The number of nitrogens with zero attached hydrogens (tertiary/aromatic N) is 4. The molecule has 1 aromatic heterocycles. The summed E-state index contributed by atoms with van der Waals surface area (Å²) in [6, 6.07) is 6.15. The Morgan fingerprint density at radius 3 is 2.45 bits per heavy atom. The molecule has 3 rings (SSSR count). The van der Waals surface area contributed by atoms with Gasteiger partial charge in [-0.3, -0.25) is 4.79 Å². The predicted octanol–water partition coefficient (Wildman–Crippen LogP) is 4.92. The number of hydrogen-bond donors (Lipinski definition) is 0. The van der Waals surface area contributed by atoms with Crippen LogP contribution in [-0.2, 0) is 32.6 Å². The van der Waals surface area contributed by atoms with Crippen LogP contribution in [0.15, 0.2) is 23.1 Å². The third-order valence-corrected chi connectivity index (χ3v) is 10.2. The zero-order valence-corrected chi connectivity index (χ0v) is 28.0. The molecule has 236 valence electrons. The van der Waals surface area contributed by atoms with Gasteiger partial charge >= 0.3 is 0 Å². The van der Waals surface area contributed by atoms with E-state index in [2.05, 4.69) is 42.6 Å². The molecule has 0 saturated heterocycles. The van der Waals surface area contributed by atoms with Gasteiger partial charge in [0, 0.05) is 44.1 Å². The van der Waals surface area contributed by atoms with E-state index in [0.29, 0.717) is 34.9 Å². The molecule has 1 aliphatic heterocycles. The van der Waals surface area contributed by atoms with Crippen LogP contribution in [0.25, 0.3) is 0 Å². The van der Waals surface area contributed by atoms with E-state index in [4.69, 9.17) is 9.47 Å². The van der Waals surface area contributed by atoms with Crippen molar-refractivity contribution < 1.29 is 22.7 Å². The molecule has 2 heterocycles. The highest BCUT2D eigenvalue weighted by Crippen LogP contribution is 2.34. The summed E-state index contributed by atoms with van der Waals surface area (Å²) in [6.45, 7) is 14.6. The summed E-state index contributed by atoms with van der Waals surface area (Å²) in [6.07, 6.45) is 3.01. The molecule has 9 nitrogen and oxygen atoms in total. The number of fused-ring (bicyclic) bond motifs is 1. The van der Waals surface area contributed by atoms with E-state index in [1.807, 2.05) is 32.6 Å². The smallest absolute Gasteiger partial charge is 0.249 e. The fourth-order valence-electron chi connectivity index (χ4n) is 5.96. The first-order valence-corrected chi connectivity index (χ1v) is 16.6. The lowest BCUT2D eigenvalue weighted by molar-refractivity contribution is -0.140. The van der Waals surface area contributed by atoms with Crippen molar-refractivity contribution in [3.63, 3.8) is 0 Å². The highest BCUT2D eigenvalue weighted by atomic mass is 32.2. The van der Waals surface area contributed by atoms with Crippen molar-refractivity contribution in [2.75, 3.05) is 54.1 Å². The molecule has 0 aliphatic carbocycles. The van der Waals surface area contributed by atoms with Crippen molar-refractivity contribution in [2.24, 2.45) is 5.92 Å². The van der Waals surface area contributed by atoms with Crippen molar-refractivity contribution >= 4 is 15.9 Å². The van der Waals surface area contributed by atoms with Gasteiger partial charge in [0.15, 0.2) is 0 Å². The third-order valence-electron chi connectivity index (χ3n) is 8.09. The number of sulfonamides is 1. The fourth-order valence-corrected chi connectivity index (χ4v) is 8.03. The van der Waals surface area contributed by atoms with Crippen molar-refractivity contribution in [3.05, 3.63) is 46.3 Å². The largest absolute Gasteiger partial charge is 0.496 e. The second-order valence-electron chi connectivity index (χ2n) is 12.2. The molecule has 1 amide bonds. The van der Waals surface area contributed by atoms with Crippen molar-refractivity contribution in [1.29, 1.82) is 0 Å². The Hall–Kier alpha value is -2.40. The van der Waals surface area contributed by atoms with Crippen LogP contribution in [0.3, 0.4) is 0 Å². The monoisotopic (exact) mass is 604 g/mol. The van der Waals surface area contributed by atoms with Gasteiger partial charge in [-0.1, -0.05) is 33.6 Å². The number of ether oxygens (including phenoxy) is 2. The second-order valence-corrected chi connectivity index (χ2v) is 14.0. The van der Waals surface area contributed by atoms with Crippen LogP contribution in [-0.4, -0.2) is 87.1 Å². The molecule has 0 spiro atoms. The lowest BCUT2D eigenvalue weighted by Crippen LogP contribution is -2.44. The topological polar surface area (TPSA) is 84.3 Å². The summed E-state index contributed by atoms with van der Waals surface area (Å²) in [5.74, 6) is 0.758. The highest BCUT2D eigenvalue weighted by Gasteiger charge is 2.33. The number of aromatic nitrogens is 1. The molecular weight excluding hydrogens is 552 g/mol. The molecule has 1 aromatic carbocycles. The van der Waals surface area contributed by atoms with E-state index >= 15 is 0 Å². The maximum atomic E-state index is 13.9. The number of carbonyl (C=O) groups is 1. The Labute approximate surface area is 253 Å². The minimum Gasteiger partial charge on any atom is -0.496 e. The number of unbranched alkanes of at least 4 members (excludes halogenated alkanes) is 1. The summed E-state index contributed by atoms with van der Waals surface area (Å²) in [4.78, 5) is 17.9. The third kappa shape index (κ3) is 7.75. The van der Waals surface area contributed by atoms with Crippen LogP contribution in [0.2, 0.25) is 0 Å². The quantitative estimate of drug-likeness (QED) is 0.269. The number of hydrogen-bond acceptors (Lipinski definition) is 6. The summed E-state index contributed by atoms with van der Waals surface area (Å²) in [7, 11) is 1.94. The average Bonchev–Trinajstić information content (AvgIpc) is 3.32. The van der Waals surface area contributed by atoms with Crippen LogP contribution in [0.4, 0.5) is 0 Å². The van der Waals surface area contributed by atoms with Crippen molar-refractivity contribution in [3.8, 4) is 5.75 Å². The number of rotatable bonds is 15. The molecule has 2 aromatic rings. The van der Waals surface area contributed by atoms with E-state index in [1.54, 1.807) is 20.1 Å². The molecule has 1 atom stereocenters. The maximum Gasteiger partial charge on any atom is 0.249 e. The number of amides is 1. The molecule has 10 heteroatoms. The number of benzene rings is 1. The Kier molecular flexibility index (Phi) is 12.1. The number of carbonyl (C=O) groups excluding carboxylic acids is 1.